The van der Waals surface area contributed by atoms with Crippen LogP contribution in [-0.4, -0.2) is 22.2 Å². The first-order chi connectivity index (χ1) is 5.20. The molecule has 2 heteroatoms. The molecule has 2 unspecified atom stereocenters. The molecule has 0 aliphatic heterocycles. The number of thioether (sulfide) groups is 1. The summed E-state index contributed by atoms with van der Waals surface area (Å²) in [5.41, 5.74) is 0. The minimum absolute atomic E-state index is 0.153. The summed E-state index contributed by atoms with van der Waals surface area (Å²) in [7, 11) is 0. The predicted molar refractivity (Wildman–Crippen MR) is 50.9 cm³/mol. The molecule has 0 saturated heterocycles. The quantitative estimate of drug-likeness (QED) is 0.705. The molecule has 1 N–H and O–H groups in total. The van der Waals surface area contributed by atoms with Crippen molar-refractivity contribution in [3.05, 3.63) is 0 Å². The fourth-order valence-corrected chi connectivity index (χ4v) is 2.27. The normalized spacial score (nSPS) is 24.3. The molecule has 1 aliphatic carbocycles. The molecule has 0 spiro atoms. The van der Waals surface area contributed by atoms with Crippen LogP contribution in [-0.2, 0) is 0 Å². The van der Waals surface area contributed by atoms with E-state index in [0.29, 0.717) is 5.25 Å². The molecule has 66 valence electrons. The van der Waals surface area contributed by atoms with Crippen LogP contribution < -0.4 is 0 Å². The summed E-state index contributed by atoms with van der Waals surface area (Å²) in [6.07, 6.45) is 4.10. The van der Waals surface area contributed by atoms with Gasteiger partial charge in [-0.3, -0.25) is 0 Å². The van der Waals surface area contributed by atoms with Crippen LogP contribution in [0.3, 0.4) is 0 Å². The van der Waals surface area contributed by atoms with Crippen molar-refractivity contribution in [2.45, 2.75) is 44.5 Å². The Kier molecular flexibility index (Phi) is 3.73. The summed E-state index contributed by atoms with van der Waals surface area (Å²) in [5.74, 6) is 2.22. The van der Waals surface area contributed by atoms with Crippen molar-refractivity contribution in [3.8, 4) is 0 Å². The van der Waals surface area contributed by atoms with Crippen LogP contribution in [0.25, 0.3) is 0 Å². The van der Waals surface area contributed by atoms with Gasteiger partial charge >= 0.3 is 0 Å². The van der Waals surface area contributed by atoms with Gasteiger partial charge in [-0.2, -0.15) is 11.8 Å². The molecule has 0 aromatic rings. The number of aliphatic hydroxyl groups excluding tert-OH is 1. The van der Waals surface area contributed by atoms with E-state index in [1.165, 1.54) is 25.0 Å². The Labute approximate surface area is 73.6 Å². The molecule has 1 saturated carbocycles. The highest BCUT2D eigenvalue weighted by atomic mass is 32.2. The van der Waals surface area contributed by atoms with Crippen LogP contribution in [0.4, 0.5) is 0 Å². The maximum Gasteiger partial charge on any atom is 0.0627 e. The lowest BCUT2D eigenvalue weighted by Crippen LogP contribution is -2.20. The topological polar surface area (TPSA) is 20.2 Å². The van der Waals surface area contributed by atoms with Gasteiger partial charge in [0.15, 0.2) is 0 Å². The van der Waals surface area contributed by atoms with Crippen molar-refractivity contribution in [3.63, 3.8) is 0 Å². The molecular formula is C9H18OS. The van der Waals surface area contributed by atoms with Gasteiger partial charge in [-0.1, -0.05) is 13.3 Å². The van der Waals surface area contributed by atoms with E-state index in [0.717, 1.165) is 5.92 Å². The molecule has 0 aromatic carbocycles. The van der Waals surface area contributed by atoms with E-state index in [1.54, 1.807) is 0 Å². The Balaban J connectivity index is 2.01. The van der Waals surface area contributed by atoms with Gasteiger partial charge in [-0.15, -0.1) is 0 Å². The van der Waals surface area contributed by atoms with Gasteiger partial charge in [0.25, 0.3) is 0 Å². The van der Waals surface area contributed by atoms with Crippen molar-refractivity contribution >= 4 is 11.8 Å². The second-order valence-electron chi connectivity index (χ2n) is 3.58. The predicted octanol–water partition coefficient (Wildman–Crippen LogP) is 2.29. The number of hydrogen-bond donors (Lipinski definition) is 1. The Morgan fingerprint density at radius 2 is 2.09 bits per heavy atom. The Bertz CT molecular complexity index is 110. The van der Waals surface area contributed by atoms with E-state index in [1.807, 2.05) is 18.7 Å². The SMILES string of the molecule is CC(O)C(C)SCC1CCC1. The zero-order valence-corrected chi connectivity index (χ0v) is 8.23. The molecule has 0 heterocycles. The molecule has 1 aliphatic rings. The minimum Gasteiger partial charge on any atom is -0.392 e. The molecule has 0 radical (unpaired) electrons. The molecular weight excluding hydrogens is 156 g/mol. The third-order valence-electron chi connectivity index (χ3n) is 2.50. The third kappa shape index (κ3) is 3.04. The van der Waals surface area contributed by atoms with Gasteiger partial charge in [0.05, 0.1) is 6.10 Å². The van der Waals surface area contributed by atoms with E-state index < -0.39 is 0 Å². The highest BCUT2D eigenvalue weighted by molar-refractivity contribution is 7.99. The largest absolute Gasteiger partial charge is 0.392 e. The first-order valence-electron chi connectivity index (χ1n) is 4.50. The van der Waals surface area contributed by atoms with E-state index in [4.69, 9.17) is 0 Å². The Morgan fingerprint density at radius 3 is 2.45 bits per heavy atom. The Morgan fingerprint density at radius 1 is 1.45 bits per heavy atom. The molecule has 2 atom stereocenters. The van der Waals surface area contributed by atoms with Crippen LogP contribution >= 0.6 is 11.8 Å². The molecule has 11 heavy (non-hydrogen) atoms. The van der Waals surface area contributed by atoms with Crippen molar-refractivity contribution in [2.75, 3.05) is 5.75 Å². The van der Waals surface area contributed by atoms with Crippen LogP contribution in [0, 0.1) is 5.92 Å². The fraction of sp³-hybridized carbons (Fsp3) is 1.00. The minimum atomic E-state index is -0.153. The molecule has 0 aromatic heterocycles. The van der Waals surface area contributed by atoms with Crippen molar-refractivity contribution in [1.82, 2.24) is 0 Å². The highest BCUT2D eigenvalue weighted by Gasteiger charge is 2.19. The maximum atomic E-state index is 9.20. The van der Waals surface area contributed by atoms with Gasteiger partial charge in [0.1, 0.15) is 0 Å². The first kappa shape index (κ1) is 9.40. The number of rotatable bonds is 4. The second kappa shape index (κ2) is 4.36. The van der Waals surface area contributed by atoms with E-state index in [2.05, 4.69) is 6.92 Å². The van der Waals surface area contributed by atoms with E-state index in [9.17, 15) is 5.11 Å². The average molecular weight is 174 g/mol. The molecule has 0 bridgehead atoms. The third-order valence-corrected chi connectivity index (χ3v) is 4.08. The average Bonchev–Trinajstić information content (AvgIpc) is 1.83. The van der Waals surface area contributed by atoms with E-state index in [-0.39, 0.29) is 6.10 Å². The lowest BCUT2D eigenvalue weighted by Gasteiger charge is -2.26. The summed E-state index contributed by atoms with van der Waals surface area (Å²) in [6.45, 7) is 3.98. The van der Waals surface area contributed by atoms with Crippen molar-refractivity contribution in [1.29, 1.82) is 0 Å². The van der Waals surface area contributed by atoms with Gasteiger partial charge < -0.3 is 5.11 Å². The Hall–Kier alpha value is 0.310. The summed E-state index contributed by atoms with van der Waals surface area (Å²) < 4.78 is 0. The fourth-order valence-electron chi connectivity index (χ4n) is 1.09. The zero-order valence-electron chi connectivity index (χ0n) is 7.42. The van der Waals surface area contributed by atoms with Crippen molar-refractivity contribution < 1.29 is 5.11 Å². The van der Waals surface area contributed by atoms with Crippen LogP contribution in [0.5, 0.6) is 0 Å². The number of hydrogen-bond acceptors (Lipinski definition) is 2. The molecule has 1 rings (SSSR count). The summed E-state index contributed by atoms with van der Waals surface area (Å²) in [6, 6.07) is 0. The number of aliphatic hydroxyl groups is 1. The smallest absolute Gasteiger partial charge is 0.0627 e. The summed E-state index contributed by atoms with van der Waals surface area (Å²) in [5, 5.41) is 9.62. The summed E-state index contributed by atoms with van der Waals surface area (Å²) in [4.78, 5) is 0. The monoisotopic (exact) mass is 174 g/mol. The van der Waals surface area contributed by atoms with Gasteiger partial charge in [0.2, 0.25) is 0 Å². The maximum absolute atomic E-state index is 9.20. The standard InChI is InChI=1S/C9H18OS/c1-7(10)8(2)11-6-9-4-3-5-9/h7-10H,3-6H2,1-2H3. The first-order valence-corrected chi connectivity index (χ1v) is 5.54. The molecule has 1 fully saturated rings. The lowest BCUT2D eigenvalue weighted by atomic mass is 9.87. The summed E-state index contributed by atoms with van der Waals surface area (Å²) >= 11 is 1.92. The van der Waals surface area contributed by atoms with Gasteiger partial charge in [0, 0.05) is 5.25 Å². The van der Waals surface area contributed by atoms with Gasteiger partial charge in [-0.05, 0) is 31.4 Å². The lowest BCUT2D eigenvalue weighted by molar-refractivity contribution is 0.196. The molecule has 0 amide bonds. The van der Waals surface area contributed by atoms with Crippen LogP contribution in [0.1, 0.15) is 33.1 Å². The van der Waals surface area contributed by atoms with Gasteiger partial charge in [-0.25, -0.2) is 0 Å². The van der Waals surface area contributed by atoms with Crippen molar-refractivity contribution in [2.24, 2.45) is 5.92 Å². The van der Waals surface area contributed by atoms with Crippen LogP contribution in [0.2, 0.25) is 0 Å². The zero-order chi connectivity index (χ0) is 8.27. The van der Waals surface area contributed by atoms with Crippen LogP contribution in [0.15, 0.2) is 0 Å². The highest BCUT2D eigenvalue weighted by Crippen LogP contribution is 2.31. The van der Waals surface area contributed by atoms with E-state index >= 15 is 0 Å². The second-order valence-corrected chi connectivity index (χ2v) is 4.99. The molecule has 1 nitrogen and oxygen atoms in total.